The maximum absolute atomic E-state index is 6.37. The molecule has 5 nitrogen and oxygen atoms in total. The number of rotatable bonds is 4. The summed E-state index contributed by atoms with van der Waals surface area (Å²) in [6.45, 7) is 1.12. The first-order valence-electron chi connectivity index (χ1n) is 6.39. The van der Waals surface area contributed by atoms with Crippen molar-refractivity contribution in [2.24, 2.45) is 12.8 Å². The van der Waals surface area contributed by atoms with E-state index in [2.05, 4.69) is 10.2 Å². The molecule has 1 heterocycles. The number of nitrogens with two attached hydrogens (primary N) is 1. The van der Waals surface area contributed by atoms with E-state index in [0.29, 0.717) is 13.2 Å². The first-order chi connectivity index (χ1) is 8.20. The van der Waals surface area contributed by atoms with E-state index >= 15 is 0 Å². The highest BCUT2D eigenvalue weighted by molar-refractivity contribution is 4.87. The van der Waals surface area contributed by atoms with E-state index in [4.69, 9.17) is 10.5 Å². The maximum atomic E-state index is 6.37. The smallest absolute Gasteiger partial charge is 0.158 e. The van der Waals surface area contributed by atoms with E-state index in [-0.39, 0.29) is 5.54 Å². The van der Waals surface area contributed by atoms with Gasteiger partial charge in [-0.15, -0.1) is 10.2 Å². The van der Waals surface area contributed by atoms with Crippen molar-refractivity contribution in [3.05, 3.63) is 12.2 Å². The summed E-state index contributed by atoms with van der Waals surface area (Å²) in [5.41, 5.74) is 6.24. The van der Waals surface area contributed by atoms with Crippen molar-refractivity contribution in [2.45, 2.75) is 50.7 Å². The number of hydrogen-bond acceptors (Lipinski definition) is 4. The van der Waals surface area contributed by atoms with E-state index in [1.54, 1.807) is 6.33 Å². The van der Waals surface area contributed by atoms with Gasteiger partial charge in [0.15, 0.2) is 5.82 Å². The van der Waals surface area contributed by atoms with Crippen molar-refractivity contribution in [1.82, 2.24) is 14.8 Å². The molecule has 1 aromatic heterocycles. The van der Waals surface area contributed by atoms with Gasteiger partial charge in [-0.3, -0.25) is 0 Å². The van der Waals surface area contributed by atoms with Crippen LogP contribution in [0.4, 0.5) is 0 Å². The van der Waals surface area contributed by atoms with Crippen molar-refractivity contribution in [2.75, 3.05) is 6.61 Å². The number of aromatic nitrogens is 3. The Kier molecular flexibility index (Phi) is 4.12. The van der Waals surface area contributed by atoms with Crippen molar-refractivity contribution < 1.29 is 4.74 Å². The Morgan fingerprint density at radius 2 is 2.06 bits per heavy atom. The zero-order chi connectivity index (χ0) is 12.1. The van der Waals surface area contributed by atoms with Gasteiger partial charge in [0.1, 0.15) is 12.9 Å². The summed E-state index contributed by atoms with van der Waals surface area (Å²) in [6.07, 6.45) is 8.90. The molecule has 5 heteroatoms. The van der Waals surface area contributed by atoms with E-state index in [0.717, 1.165) is 18.7 Å². The van der Waals surface area contributed by atoms with Crippen LogP contribution in [0.3, 0.4) is 0 Å². The molecule has 17 heavy (non-hydrogen) atoms. The van der Waals surface area contributed by atoms with Crippen LogP contribution in [0.15, 0.2) is 6.33 Å². The summed E-state index contributed by atoms with van der Waals surface area (Å²) >= 11 is 0. The highest BCUT2D eigenvalue weighted by atomic mass is 16.5. The molecule has 2 rings (SSSR count). The molecule has 0 unspecified atom stereocenters. The second-order valence-electron chi connectivity index (χ2n) is 5.13. The zero-order valence-corrected chi connectivity index (χ0v) is 10.6. The standard InChI is InChI=1S/C12H22N4O/c1-16-10-14-15-11(16)8-17-9-12(13)6-4-2-3-5-7-12/h10H,2-9,13H2,1H3. The van der Waals surface area contributed by atoms with Crippen LogP contribution in [0.1, 0.15) is 44.3 Å². The summed E-state index contributed by atoms with van der Waals surface area (Å²) in [7, 11) is 1.92. The van der Waals surface area contributed by atoms with Gasteiger partial charge < -0.3 is 15.0 Å². The molecular weight excluding hydrogens is 216 g/mol. The van der Waals surface area contributed by atoms with Crippen molar-refractivity contribution in [3.8, 4) is 0 Å². The van der Waals surface area contributed by atoms with Gasteiger partial charge in [0.05, 0.1) is 6.61 Å². The lowest BCUT2D eigenvalue weighted by atomic mass is 9.93. The predicted molar refractivity (Wildman–Crippen MR) is 65.3 cm³/mol. The minimum absolute atomic E-state index is 0.130. The number of nitrogens with zero attached hydrogens (tertiary/aromatic N) is 3. The first-order valence-corrected chi connectivity index (χ1v) is 6.39. The van der Waals surface area contributed by atoms with Gasteiger partial charge in [-0.25, -0.2) is 0 Å². The average molecular weight is 238 g/mol. The summed E-state index contributed by atoms with van der Waals surface area (Å²) in [4.78, 5) is 0. The van der Waals surface area contributed by atoms with Crippen LogP contribution in [-0.2, 0) is 18.4 Å². The Balaban J connectivity index is 1.79. The Labute approximate surface area is 102 Å². The number of hydrogen-bond donors (Lipinski definition) is 1. The van der Waals surface area contributed by atoms with Gasteiger partial charge in [-0.05, 0) is 12.8 Å². The molecule has 1 aliphatic carbocycles. The number of ether oxygens (including phenoxy) is 1. The summed E-state index contributed by atoms with van der Waals surface area (Å²) in [5, 5.41) is 7.81. The molecule has 2 N–H and O–H groups in total. The van der Waals surface area contributed by atoms with Gasteiger partial charge in [0.25, 0.3) is 0 Å². The maximum Gasteiger partial charge on any atom is 0.158 e. The molecule has 1 aromatic rings. The van der Waals surface area contributed by atoms with Crippen LogP contribution >= 0.6 is 0 Å². The number of aryl methyl sites for hydroxylation is 1. The lowest BCUT2D eigenvalue weighted by molar-refractivity contribution is 0.0616. The molecule has 0 radical (unpaired) electrons. The molecule has 0 aromatic carbocycles. The highest BCUT2D eigenvalue weighted by Gasteiger charge is 2.26. The first kappa shape index (κ1) is 12.5. The van der Waals surface area contributed by atoms with Crippen LogP contribution in [0, 0.1) is 0 Å². The Hall–Kier alpha value is -0.940. The van der Waals surface area contributed by atoms with Crippen molar-refractivity contribution >= 4 is 0 Å². The van der Waals surface area contributed by atoms with E-state index in [9.17, 15) is 0 Å². The van der Waals surface area contributed by atoms with E-state index < -0.39 is 0 Å². The van der Waals surface area contributed by atoms with Gasteiger partial charge >= 0.3 is 0 Å². The lowest BCUT2D eigenvalue weighted by Crippen LogP contribution is -2.44. The fraction of sp³-hybridized carbons (Fsp3) is 0.833. The van der Waals surface area contributed by atoms with Crippen LogP contribution in [0.25, 0.3) is 0 Å². The van der Waals surface area contributed by atoms with Gasteiger partial charge in [0, 0.05) is 12.6 Å². The third-order valence-corrected chi connectivity index (χ3v) is 3.53. The molecule has 0 amide bonds. The normalized spacial score (nSPS) is 20.1. The quantitative estimate of drug-likeness (QED) is 0.805. The molecule has 1 saturated carbocycles. The highest BCUT2D eigenvalue weighted by Crippen LogP contribution is 2.25. The molecule has 96 valence electrons. The minimum atomic E-state index is -0.130. The lowest BCUT2D eigenvalue weighted by Gasteiger charge is -2.27. The van der Waals surface area contributed by atoms with Gasteiger partial charge in [-0.1, -0.05) is 25.7 Å². The third-order valence-electron chi connectivity index (χ3n) is 3.53. The van der Waals surface area contributed by atoms with E-state index in [1.807, 2.05) is 11.6 Å². The Morgan fingerprint density at radius 3 is 2.65 bits per heavy atom. The molecule has 1 fully saturated rings. The fourth-order valence-electron chi connectivity index (χ4n) is 2.36. The SMILES string of the molecule is Cn1cnnc1COCC1(N)CCCCCC1. The van der Waals surface area contributed by atoms with Crippen LogP contribution < -0.4 is 5.73 Å². The largest absolute Gasteiger partial charge is 0.372 e. The molecule has 0 bridgehead atoms. The van der Waals surface area contributed by atoms with Crippen molar-refractivity contribution in [1.29, 1.82) is 0 Å². The Morgan fingerprint density at radius 1 is 1.35 bits per heavy atom. The second-order valence-corrected chi connectivity index (χ2v) is 5.13. The summed E-state index contributed by atoms with van der Waals surface area (Å²) < 4.78 is 7.58. The minimum Gasteiger partial charge on any atom is -0.372 e. The third kappa shape index (κ3) is 3.51. The van der Waals surface area contributed by atoms with Gasteiger partial charge in [-0.2, -0.15) is 0 Å². The predicted octanol–water partition coefficient (Wildman–Crippen LogP) is 1.38. The molecule has 1 aliphatic rings. The fourth-order valence-corrected chi connectivity index (χ4v) is 2.36. The Bertz CT molecular complexity index is 342. The van der Waals surface area contributed by atoms with Crippen LogP contribution in [-0.4, -0.2) is 26.9 Å². The average Bonchev–Trinajstić information content (AvgIpc) is 2.58. The monoisotopic (exact) mass is 238 g/mol. The molecule has 0 spiro atoms. The van der Waals surface area contributed by atoms with Crippen LogP contribution in [0.5, 0.6) is 0 Å². The molecule has 0 atom stereocenters. The molecule has 0 aliphatic heterocycles. The van der Waals surface area contributed by atoms with Crippen molar-refractivity contribution in [3.63, 3.8) is 0 Å². The molecular formula is C12H22N4O. The summed E-state index contributed by atoms with van der Waals surface area (Å²) in [5.74, 6) is 0.849. The van der Waals surface area contributed by atoms with Crippen LogP contribution in [0.2, 0.25) is 0 Å². The second kappa shape index (κ2) is 5.60. The van der Waals surface area contributed by atoms with E-state index in [1.165, 1.54) is 25.7 Å². The summed E-state index contributed by atoms with van der Waals surface area (Å²) in [6, 6.07) is 0. The molecule has 0 saturated heterocycles. The topological polar surface area (TPSA) is 66.0 Å². The van der Waals surface area contributed by atoms with Gasteiger partial charge in [0.2, 0.25) is 0 Å². The zero-order valence-electron chi connectivity index (χ0n) is 10.6.